The summed E-state index contributed by atoms with van der Waals surface area (Å²) in [6, 6.07) is 5.77. The van der Waals surface area contributed by atoms with E-state index in [9.17, 15) is 0 Å². The third-order valence-corrected chi connectivity index (χ3v) is 3.44. The minimum Gasteiger partial charge on any atom is -0.493 e. The molecule has 0 amide bonds. The van der Waals surface area contributed by atoms with Crippen molar-refractivity contribution < 1.29 is 4.74 Å². The van der Waals surface area contributed by atoms with Gasteiger partial charge in [-0.2, -0.15) is 0 Å². The van der Waals surface area contributed by atoms with Gasteiger partial charge in [0.1, 0.15) is 11.6 Å². The summed E-state index contributed by atoms with van der Waals surface area (Å²) >= 11 is 0. The molecular weight excluding hydrogens is 212 g/mol. The number of rotatable bonds is 5. The van der Waals surface area contributed by atoms with Crippen LogP contribution in [-0.2, 0) is 0 Å². The van der Waals surface area contributed by atoms with E-state index in [2.05, 4.69) is 0 Å². The largest absolute Gasteiger partial charge is 0.493 e. The zero-order valence-corrected chi connectivity index (χ0v) is 10.3. The highest BCUT2D eigenvalue weighted by Gasteiger charge is 2.17. The van der Waals surface area contributed by atoms with Gasteiger partial charge in [-0.1, -0.05) is 25.3 Å². The van der Waals surface area contributed by atoms with E-state index in [0.717, 1.165) is 30.3 Å². The molecule has 0 spiro atoms. The lowest BCUT2D eigenvalue weighted by Gasteiger charge is -2.25. The molecule has 0 radical (unpaired) electrons. The summed E-state index contributed by atoms with van der Waals surface area (Å²) in [5, 5.41) is 7.51. The summed E-state index contributed by atoms with van der Waals surface area (Å²) in [7, 11) is 0. The van der Waals surface area contributed by atoms with Gasteiger partial charge in [-0.25, -0.2) is 0 Å². The first kappa shape index (κ1) is 12.0. The van der Waals surface area contributed by atoms with E-state index >= 15 is 0 Å². The van der Waals surface area contributed by atoms with Crippen LogP contribution in [0, 0.1) is 18.3 Å². The predicted octanol–water partition coefficient (Wildman–Crippen LogP) is 2.85. The summed E-state index contributed by atoms with van der Waals surface area (Å²) in [4.78, 5) is 0. The fourth-order valence-corrected chi connectivity index (χ4v) is 2.09. The molecule has 2 rings (SSSR count). The number of hydrogen-bond acceptors (Lipinski definition) is 2. The molecule has 3 nitrogen and oxygen atoms in total. The minimum atomic E-state index is 0.0728. The van der Waals surface area contributed by atoms with Gasteiger partial charge in [-0.15, -0.1) is 0 Å². The fourth-order valence-electron chi connectivity index (χ4n) is 2.09. The third-order valence-electron chi connectivity index (χ3n) is 3.44. The van der Waals surface area contributed by atoms with Crippen molar-refractivity contribution in [2.75, 3.05) is 6.61 Å². The number of hydrogen-bond donors (Lipinski definition) is 2. The van der Waals surface area contributed by atoms with Crippen LogP contribution in [0.15, 0.2) is 18.2 Å². The summed E-state index contributed by atoms with van der Waals surface area (Å²) in [5.74, 6) is 1.67. The zero-order chi connectivity index (χ0) is 12.3. The Morgan fingerprint density at radius 3 is 2.82 bits per heavy atom. The van der Waals surface area contributed by atoms with Gasteiger partial charge >= 0.3 is 0 Å². The van der Waals surface area contributed by atoms with Gasteiger partial charge in [0.25, 0.3) is 0 Å². The van der Waals surface area contributed by atoms with Crippen molar-refractivity contribution in [3.8, 4) is 5.75 Å². The van der Waals surface area contributed by atoms with E-state index in [1.54, 1.807) is 0 Å². The predicted molar refractivity (Wildman–Crippen MR) is 69.6 cm³/mol. The number of nitrogens with one attached hydrogen (secondary N) is 1. The van der Waals surface area contributed by atoms with Gasteiger partial charge in [0.15, 0.2) is 0 Å². The maximum Gasteiger partial charge on any atom is 0.130 e. The topological polar surface area (TPSA) is 59.1 Å². The van der Waals surface area contributed by atoms with Gasteiger partial charge < -0.3 is 10.5 Å². The fraction of sp³-hybridized carbons (Fsp3) is 0.500. The van der Waals surface area contributed by atoms with E-state index in [4.69, 9.17) is 15.9 Å². The number of nitrogen functional groups attached to an aromatic ring is 1. The first-order chi connectivity index (χ1) is 8.16. The Kier molecular flexibility index (Phi) is 3.67. The van der Waals surface area contributed by atoms with Gasteiger partial charge in [-0.3, -0.25) is 5.41 Å². The second-order valence-electron chi connectivity index (χ2n) is 4.85. The smallest absolute Gasteiger partial charge is 0.130 e. The summed E-state index contributed by atoms with van der Waals surface area (Å²) < 4.78 is 5.76. The van der Waals surface area contributed by atoms with Crippen LogP contribution >= 0.6 is 0 Å². The Balaban J connectivity index is 1.97. The molecule has 92 valence electrons. The molecule has 1 fully saturated rings. The average molecular weight is 232 g/mol. The van der Waals surface area contributed by atoms with E-state index in [1.165, 1.54) is 19.3 Å². The maximum atomic E-state index is 7.51. The van der Waals surface area contributed by atoms with Crippen molar-refractivity contribution in [2.45, 2.75) is 32.6 Å². The lowest BCUT2D eigenvalue weighted by molar-refractivity contribution is 0.221. The van der Waals surface area contributed by atoms with Crippen molar-refractivity contribution in [3.05, 3.63) is 29.3 Å². The normalized spacial score (nSPS) is 15.4. The van der Waals surface area contributed by atoms with Crippen LogP contribution in [-0.4, -0.2) is 12.4 Å². The van der Waals surface area contributed by atoms with Gasteiger partial charge in [0, 0.05) is 0 Å². The Labute approximate surface area is 102 Å². The molecule has 1 aliphatic rings. The highest BCUT2D eigenvalue weighted by molar-refractivity contribution is 5.97. The van der Waals surface area contributed by atoms with Crippen LogP contribution in [0.2, 0.25) is 0 Å². The number of amidine groups is 1. The van der Waals surface area contributed by atoms with Crippen molar-refractivity contribution >= 4 is 5.84 Å². The van der Waals surface area contributed by atoms with Crippen molar-refractivity contribution in [1.82, 2.24) is 0 Å². The van der Waals surface area contributed by atoms with E-state index in [0.29, 0.717) is 5.56 Å². The molecule has 3 N–H and O–H groups in total. The highest BCUT2D eigenvalue weighted by atomic mass is 16.5. The standard InChI is InChI=1S/C14H20N2O/c1-10-5-6-12(14(15)16)13(9-10)17-8-7-11-3-2-4-11/h5-6,9,11H,2-4,7-8H2,1H3,(H3,15,16). The molecule has 3 heteroatoms. The van der Waals surface area contributed by atoms with Crippen molar-refractivity contribution in [2.24, 2.45) is 11.7 Å². The summed E-state index contributed by atoms with van der Waals surface area (Å²) in [6.07, 6.45) is 5.17. The molecule has 0 aliphatic heterocycles. The molecule has 0 aromatic heterocycles. The molecule has 17 heavy (non-hydrogen) atoms. The molecule has 0 atom stereocenters. The molecule has 1 aliphatic carbocycles. The lowest BCUT2D eigenvalue weighted by atomic mass is 9.83. The maximum absolute atomic E-state index is 7.51. The van der Waals surface area contributed by atoms with Crippen molar-refractivity contribution in [3.63, 3.8) is 0 Å². The van der Waals surface area contributed by atoms with E-state index < -0.39 is 0 Å². The SMILES string of the molecule is Cc1ccc(C(=N)N)c(OCCC2CCC2)c1. The van der Waals surface area contributed by atoms with Crippen LogP contribution in [0.25, 0.3) is 0 Å². The molecule has 1 saturated carbocycles. The van der Waals surface area contributed by atoms with Crippen LogP contribution in [0.1, 0.15) is 36.8 Å². The summed E-state index contributed by atoms with van der Waals surface area (Å²) in [5.41, 5.74) is 7.37. The molecule has 0 saturated heterocycles. The molecule has 1 aromatic carbocycles. The van der Waals surface area contributed by atoms with Crippen LogP contribution in [0.3, 0.4) is 0 Å². The lowest BCUT2D eigenvalue weighted by Crippen LogP contribution is -2.17. The highest BCUT2D eigenvalue weighted by Crippen LogP contribution is 2.29. The number of ether oxygens (including phenoxy) is 1. The summed E-state index contributed by atoms with van der Waals surface area (Å²) in [6.45, 7) is 2.75. The Bertz CT molecular complexity index is 411. The molecule has 1 aromatic rings. The minimum absolute atomic E-state index is 0.0728. The number of benzene rings is 1. The molecular formula is C14H20N2O. The monoisotopic (exact) mass is 232 g/mol. The van der Waals surface area contributed by atoms with Gasteiger partial charge in [-0.05, 0) is 37.0 Å². The van der Waals surface area contributed by atoms with Gasteiger partial charge in [0.2, 0.25) is 0 Å². The van der Waals surface area contributed by atoms with Crippen LogP contribution in [0.4, 0.5) is 0 Å². The molecule has 0 unspecified atom stereocenters. The zero-order valence-electron chi connectivity index (χ0n) is 10.3. The average Bonchev–Trinajstić information content (AvgIpc) is 2.21. The Hall–Kier alpha value is -1.51. The third kappa shape index (κ3) is 2.99. The van der Waals surface area contributed by atoms with E-state index in [-0.39, 0.29) is 5.84 Å². The Morgan fingerprint density at radius 2 is 2.24 bits per heavy atom. The quantitative estimate of drug-likeness (QED) is 0.605. The second-order valence-corrected chi connectivity index (χ2v) is 4.85. The van der Waals surface area contributed by atoms with Crippen molar-refractivity contribution in [1.29, 1.82) is 5.41 Å². The number of nitrogens with two attached hydrogens (primary N) is 1. The van der Waals surface area contributed by atoms with Crippen LogP contribution in [0.5, 0.6) is 5.75 Å². The Morgan fingerprint density at radius 1 is 1.47 bits per heavy atom. The van der Waals surface area contributed by atoms with E-state index in [1.807, 2.05) is 25.1 Å². The first-order valence-electron chi connectivity index (χ1n) is 6.24. The number of aryl methyl sites for hydroxylation is 1. The first-order valence-corrected chi connectivity index (χ1v) is 6.24. The van der Waals surface area contributed by atoms with Gasteiger partial charge in [0.05, 0.1) is 12.2 Å². The van der Waals surface area contributed by atoms with Crippen LogP contribution < -0.4 is 10.5 Å². The molecule has 0 bridgehead atoms. The second kappa shape index (κ2) is 5.21. The molecule has 0 heterocycles.